The zero-order valence-corrected chi connectivity index (χ0v) is 16.2. The molecule has 0 radical (unpaired) electrons. The molecule has 0 heterocycles. The van der Waals surface area contributed by atoms with Crippen molar-refractivity contribution in [2.45, 2.75) is 51.9 Å². The Morgan fingerprint density at radius 1 is 1.04 bits per heavy atom. The van der Waals surface area contributed by atoms with Gasteiger partial charge in [0, 0.05) is 19.8 Å². The molecule has 0 amide bonds. The highest BCUT2D eigenvalue weighted by Crippen LogP contribution is 2.34. The van der Waals surface area contributed by atoms with Crippen LogP contribution in [0.5, 0.6) is 0 Å². The molecule has 1 nitrogen and oxygen atoms in total. The summed E-state index contributed by atoms with van der Waals surface area (Å²) in [7, 11) is 4.18. The number of hydrogen-bond acceptors (Lipinski definition) is 1. The number of allylic oxidation sites excluding steroid dienone is 2. The van der Waals surface area contributed by atoms with Crippen molar-refractivity contribution in [2.24, 2.45) is 0 Å². The summed E-state index contributed by atoms with van der Waals surface area (Å²) in [5, 5.41) is 0. The predicted octanol–water partition coefficient (Wildman–Crippen LogP) is 6.23. The molecule has 1 unspecified atom stereocenters. The monoisotopic (exact) mass is 333 g/mol. The minimum atomic E-state index is 0.607. The minimum absolute atomic E-state index is 0.607. The molecule has 1 heteroatoms. The van der Waals surface area contributed by atoms with Crippen LogP contribution in [0.15, 0.2) is 48.5 Å². The van der Waals surface area contributed by atoms with Crippen LogP contribution >= 0.6 is 0 Å². The number of hydrogen-bond donors (Lipinski definition) is 0. The second-order valence-corrected chi connectivity index (χ2v) is 7.62. The maximum absolute atomic E-state index is 2.47. The SMILES string of the molecule is CCCCc1ccc2c(c1)C(C)CC=C(c1ccc(N(C)C)cc1)C2. The van der Waals surface area contributed by atoms with Gasteiger partial charge in [0.05, 0.1) is 0 Å². The Hall–Kier alpha value is -2.02. The molecule has 3 rings (SSSR count). The zero-order valence-electron chi connectivity index (χ0n) is 16.2. The summed E-state index contributed by atoms with van der Waals surface area (Å²) >= 11 is 0. The van der Waals surface area contributed by atoms with E-state index in [1.165, 1.54) is 47.2 Å². The Labute approximate surface area is 153 Å². The molecule has 0 fully saturated rings. The third kappa shape index (κ3) is 4.15. The maximum Gasteiger partial charge on any atom is 0.0361 e. The fourth-order valence-corrected chi connectivity index (χ4v) is 3.72. The number of aryl methyl sites for hydroxylation is 1. The summed E-state index contributed by atoms with van der Waals surface area (Å²) in [6.45, 7) is 4.64. The third-order valence-electron chi connectivity index (χ3n) is 5.41. The lowest BCUT2D eigenvalue weighted by atomic mass is 9.90. The van der Waals surface area contributed by atoms with Crippen molar-refractivity contribution in [3.63, 3.8) is 0 Å². The smallest absolute Gasteiger partial charge is 0.0361 e. The maximum atomic E-state index is 2.47. The third-order valence-corrected chi connectivity index (χ3v) is 5.41. The number of nitrogens with zero attached hydrogens (tertiary/aromatic N) is 1. The Morgan fingerprint density at radius 2 is 1.80 bits per heavy atom. The Balaban J connectivity index is 1.85. The van der Waals surface area contributed by atoms with Crippen LogP contribution in [0.4, 0.5) is 5.69 Å². The Morgan fingerprint density at radius 3 is 2.48 bits per heavy atom. The van der Waals surface area contributed by atoms with Gasteiger partial charge in [-0.05, 0) is 71.6 Å². The molecule has 1 aliphatic carbocycles. The lowest BCUT2D eigenvalue weighted by Crippen LogP contribution is -2.08. The number of fused-ring (bicyclic) bond motifs is 1. The fraction of sp³-hybridized carbons (Fsp3) is 0.417. The van der Waals surface area contributed by atoms with E-state index in [0.717, 1.165) is 12.8 Å². The highest BCUT2D eigenvalue weighted by atomic mass is 15.1. The van der Waals surface area contributed by atoms with Gasteiger partial charge in [0.1, 0.15) is 0 Å². The highest BCUT2D eigenvalue weighted by Gasteiger charge is 2.17. The summed E-state index contributed by atoms with van der Waals surface area (Å²) in [4.78, 5) is 2.15. The number of anilines is 1. The number of rotatable bonds is 5. The standard InChI is InChI=1S/C24H31N/c1-5-6-7-19-9-11-22-17-21(10-8-18(2)24(22)16-19)20-12-14-23(15-13-20)25(3)4/h9-16,18H,5-8,17H2,1-4H3. The van der Waals surface area contributed by atoms with Crippen LogP contribution in [-0.2, 0) is 12.8 Å². The topological polar surface area (TPSA) is 3.24 Å². The van der Waals surface area contributed by atoms with Crippen molar-refractivity contribution >= 4 is 11.3 Å². The first kappa shape index (κ1) is 17.8. The molecule has 132 valence electrons. The molecule has 0 N–H and O–H groups in total. The molecule has 0 spiro atoms. The highest BCUT2D eigenvalue weighted by molar-refractivity contribution is 5.70. The van der Waals surface area contributed by atoms with Gasteiger partial charge in [0.15, 0.2) is 0 Å². The average molecular weight is 334 g/mol. The quantitative estimate of drug-likeness (QED) is 0.627. The van der Waals surface area contributed by atoms with Crippen molar-refractivity contribution in [2.75, 3.05) is 19.0 Å². The fourth-order valence-electron chi connectivity index (χ4n) is 3.72. The number of unbranched alkanes of at least 4 members (excludes halogenated alkanes) is 1. The van der Waals surface area contributed by atoms with E-state index < -0.39 is 0 Å². The van der Waals surface area contributed by atoms with Crippen LogP contribution in [-0.4, -0.2) is 14.1 Å². The lowest BCUT2D eigenvalue weighted by Gasteiger charge is -2.15. The largest absolute Gasteiger partial charge is 0.378 e. The molecule has 0 aliphatic heterocycles. The molecule has 1 atom stereocenters. The van der Waals surface area contributed by atoms with E-state index in [9.17, 15) is 0 Å². The van der Waals surface area contributed by atoms with Crippen molar-refractivity contribution in [1.82, 2.24) is 0 Å². The summed E-state index contributed by atoms with van der Waals surface area (Å²) in [5.74, 6) is 0.607. The van der Waals surface area contributed by atoms with Crippen LogP contribution in [0.25, 0.3) is 5.57 Å². The van der Waals surface area contributed by atoms with E-state index in [4.69, 9.17) is 0 Å². The Kier molecular flexibility index (Phi) is 5.63. The second-order valence-electron chi connectivity index (χ2n) is 7.62. The van der Waals surface area contributed by atoms with Crippen LogP contribution in [0.2, 0.25) is 0 Å². The lowest BCUT2D eigenvalue weighted by molar-refractivity contribution is 0.766. The second kappa shape index (κ2) is 7.91. The summed E-state index contributed by atoms with van der Waals surface area (Å²) in [6, 6.07) is 16.2. The van der Waals surface area contributed by atoms with Gasteiger partial charge in [-0.25, -0.2) is 0 Å². The molecule has 2 aromatic carbocycles. The summed E-state index contributed by atoms with van der Waals surface area (Å²) in [6.07, 6.45) is 8.41. The van der Waals surface area contributed by atoms with Gasteiger partial charge >= 0.3 is 0 Å². The molecular weight excluding hydrogens is 302 g/mol. The van der Waals surface area contributed by atoms with E-state index in [-0.39, 0.29) is 0 Å². The normalized spacial score (nSPS) is 16.8. The average Bonchev–Trinajstić information content (AvgIpc) is 2.79. The van der Waals surface area contributed by atoms with E-state index >= 15 is 0 Å². The molecule has 25 heavy (non-hydrogen) atoms. The molecule has 0 aromatic heterocycles. The number of benzene rings is 2. The molecule has 0 saturated heterocycles. The van der Waals surface area contributed by atoms with Crippen LogP contribution in [0, 0.1) is 0 Å². The Bertz CT molecular complexity index is 737. The predicted molar refractivity (Wildman–Crippen MR) is 111 cm³/mol. The van der Waals surface area contributed by atoms with Crippen LogP contribution in [0.1, 0.15) is 61.3 Å². The van der Waals surface area contributed by atoms with Gasteiger partial charge in [0.2, 0.25) is 0 Å². The zero-order chi connectivity index (χ0) is 17.8. The van der Waals surface area contributed by atoms with E-state index in [1.54, 1.807) is 5.56 Å². The first-order valence-corrected chi connectivity index (χ1v) is 9.67. The molecule has 2 aromatic rings. The van der Waals surface area contributed by atoms with Crippen LogP contribution < -0.4 is 4.90 Å². The molecule has 0 saturated carbocycles. The van der Waals surface area contributed by atoms with Gasteiger partial charge in [0.25, 0.3) is 0 Å². The van der Waals surface area contributed by atoms with Crippen LogP contribution in [0.3, 0.4) is 0 Å². The van der Waals surface area contributed by atoms with Crippen molar-refractivity contribution in [3.8, 4) is 0 Å². The van der Waals surface area contributed by atoms with E-state index in [0.29, 0.717) is 5.92 Å². The molecule has 1 aliphatic rings. The van der Waals surface area contributed by atoms with Gasteiger partial charge in [-0.15, -0.1) is 0 Å². The van der Waals surface area contributed by atoms with Gasteiger partial charge in [-0.1, -0.05) is 56.7 Å². The van der Waals surface area contributed by atoms with Crippen molar-refractivity contribution in [3.05, 3.63) is 70.8 Å². The first-order valence-electron chi connectivity index (χ1n) is 9.67. The first-order chi connectivity index (χ1) is 12.1. The van der Waals surface area contributed by atoms with Gasteiger partial charge < -0.3 is 4.90 Å². The summed E-state index contributed by atoms with van der Waals surface area (Å²) in [5.41, 5.74) is 8.66. The van der Waals surface area contributed by atoms with Gasteiger partial charge in [-0.3, -0.25) is 0 Å². The molecule has 0 bridgehead atoms. The molecular formula is C24H31N. The summed E-state index contributed by atoms with van der Waals surface area (Å²) < 4.78 is 0. The van der Waals surface area contributed by atoms with Gasteiger partial charge in [-0.2, -0.15) is 0 Å². The van der Waals surface area contributed by atoms with Crippen molar-refractivity contribution in [1.29, 1.82) is 0 Å². The minimum Gasteiger partial charge on any atom is -0.378 e. The van der Waals surface area contributed by atoms with E-state index in [1.807, 2.05) is 0 Å². The van der Waals surface area contributed by atoms with E-state index in [2.05, 4.69) is 81.4 Å². The van der Waals surface area contributed by atoms with Crippen molar-refractivity contribution < 1.29 is 0 Å².